The van der Waals surface area contributed by atoms with Crippen molar-refractivity contribution in [3.8, 4) is 11.5 Å². The lowest BCUT2D eigenvalue weighted by Gasteiger charge is -2.13. The van der Waals surface area contributed by atoms with Gasteiger partial charge in [0.15, 0.2) is 0 Å². The molecule has 0 aliphatic carbocycles. The summed E-state index contributed by atoms with van der Waals surface area (Å²) in [4.78, 5) is 0. The van der Waals surface area contributed by atoms with Gasteiger partial charge in [-0.15, -0.1) is 0 Å². The molecule has 0 spiro atoms. The third kappa shape index (κ3) is 2.50. The van der Waals surface area contributed by atoms with E-state index < -0.39 is 0 Å². The summed E-state index contributed by atoms with van der Waals surface area (Å²) in [6.07, 6.45) is 1.88. The Morgan fingerprint density at radius 1 is 1.40 bits per heavy atom. The summed E-state index contributed by atoms with van der Waals surface area (Å²) in [5.74, 6) is 1.62. The van der Waals surface area contributed by atoms with Crippen LogP contribution in [0, 0.1) is 0 Å². The van der Waals surface area contributed by atoms with E-state index in [0.29, 0.717) is 0 Å². The van der Waals surface area contributed by atoms with E-state index in [1.807, 2.05) is 24.3 Å². The Hall–Kier alpha value is -1.48. The molecule has 1 aliphatic heterocycles. The van der Waals surface area contributed by atoms with Crippen LogP contribution >= 0.6 is 0 Å². The van der Waals surface area contributed by atoms with Crippen LogP contribution in [0.3, 0.4) is 0 Å². The van der Waals surface area contributed by atoms with Gasteiger partial charge >= 0.3 is 0 Å². The van der Waals surface area contributed by atoms with E-state index >= 15 is 0 Å². The smallest absolute Gasteiger partial charge is 0.145 e. The van der Waals surface area contributed by atoms with Crippen LogP contribution in [0.1, 0.15) is 0 Å². The van der Waals surface area contributed by atoms with E-state index in [1.165, 1.54) is 0 Å². The average molecular weight is 206 g/mol. The van der Waals surface area contributed by atoms with Gasteiger partial charge in [0.1, 0.15) is 23.7 Å². The molecule has 15 heavy (non-hydrogen) atoms. The first kappa shape index (κ1) is 10.1. The molecule has 0 amide bonds. The van der Waals surface area contributed by atoms with Crippen LogP contribution in [0.25, 0.3) is 0 Å². The van der Waals surface area contributed by atoms with Crippen molar-refractivity contribution in [2.45, 2.75) is 12.2 Å². The topological polar surface area (TPSA) is 31.0 Å². The Morgan fingerprint density at radius 2 is 2.00 bits per heavy atom. The van der Waals surface area contributed by atoms with E-state index in [1.54, 1.807) is 13.2 Å². The van der Waals surface area contributed by atoms with E-state index in [4.69, 9.17) is 14.2 Å². The summed E-state index contributed by atoms with van der Waals surface area (Å²) in [6, 6.07) is 7.47. The molecule has 0 saturated carbocycles. The van der Waals surface area contributed by atoms with Crippen molar-refractivity contribution in [1.82, 2.24) is 0 Å². The van der Waals surface area contributed by atoms with Crippen molar-refractivity contribution < 1.29 is 14.2 Å². The second kappa shape index (κ2) is 4.36. The molecule has 1 saturated heterocycles. The SMILES string of the molecule is C=C[C@H](Oc1ccc(OC)cc1)[C@@H]1CO1. The van der Waals surface area contributed by atoms with Crippen LogP contribution in [0.5, 0.6) is 11.5 Å². The highest BCUT2D eigenvalue weighted by Crippen LogP contribution is 2.23. The van der Waals surface area contributed by atoms with Crippen molar-refractivity contribution in [3.63, 3.8) is 0 Å². The van der Waals surface area contributed by atoms with Gasteiger partial charge in [0, 0.05) is 0 Å². The van der Waals surface area contributed by atoms with Crippen LogP contribution in [0.2, 0.25) is 0 Å². The number of methoxy groups -OCH3 is 1. The third-order valence-electron chi connectivity index (χ3n) is 2.29. The second-order valence-electron chi connectivity index (χ2n) is 3.37. The molecule has 0 N–H and O–H groups in total. The predicted molar refractivity (Wildman–Crippen MR) is 57.3 cm³/mol. The van der Waals surface area contributed by atoms with E-state index in [-0.39, 0.29) is 12.2 Å². The Kier molecular flexibility index (Phi) is 2.92. The maximum atomic E-state index is 5.69. The fourth-order valence-electron chi connectivity index (χ4n) is 1.33. The van der Waals surface area contributed by atoms with Gasteiger partial charge in [-0.05, 0) is 30.3 Å². The van der Waals surface area contributed by atoms with Crippen molar-refractivity contribution in [2.24, 2.45) is 0 Å². The predicted octanol–water partition coefficient (Wildman–Crippen LogP) is 2.03. The zero-order valence-corrected chi connectivity index (χ0v) is 8.68. The van der Waals surface area contributed by atoms with Crippen LogP contribution in [0.4, 0.5) is 0 Å². The molecule has 0 unspecified atom stereocenters. The van der Waals surface area contributed by atoms with Gasteiger partial charge in [-0.25, -0.2) is 0 Å². The molecule has 2 rings (SSSR count). The van der Waals surface area contributed by atoms with Crippen LogP contribution in [0.15, 0.2) is 36.9 Å². The lowest BCUT2D eigenvalue weighted by atomic mass is 10.2. The molecule has 0 bridgehead atoms. The Labute approximate surface area is 89.3 Å². The van der Waals surface area contributed by atoms with E-state index in [0.717, 1.165) is 18.1 Å². The lowest BCUT2D eigenvalue weighted by molar-refractivity contribution is 0.200. The zero-order valence-electron chi connectivity index (χ0n) is 8.68. The number of epoxide rings is 1. The monoisotopic (exact) mass is 206 g/mol. The molecule has 1 fully saturated rings. The third-order valence-corrected chi connectivity index (χ3v) is 2.29. The van der Waals surface area contributed by atoms with Crippen LogP contribution in [-0.4, -0.2) is 25.9 Å². The molecule has 1 heterocycles. The summed E-state index contributed by atoms with van der Waals surface area (Å²) in [6.45, 7) is 4.48. The van der Waals surface area contributed by atoms with Gasteiger partial charge < -0.3 is 14.2 Å². The Bertz CT molecular complexity index is 327. The van der Waals surface area contributed by atoms with Crippen molar-refractivity contribution in [3.05, 3.63) is 36.9 Å². The molecule has 3 heteroatoms. The normalized spacial score (nSPS) is 20.5. The van der Waals surface area contributed by atoms with Gasteiger partial charge in [-0.2, -0.15) is 0 Å². The van der Waals surface area contributed by atoms with E-state index in [2.05, 4.69) is 6.58 Å². The standard InChI is InChI=1S/C12H14O3/c1-3-11(12-8-14-12)15-10-6-4-9(13-2)5-7-10/h3-7,11-12H,1,8H2,2H3/t11-,12-/m0/s1. The molecule has 2 atom stereocenters. The largest absolute Gasteiger partial charge is 0.497 e. The summed E-state index contributed by atoms with van der Waals surface area (Å²) in [5.41, 5.74) is 0. The molecule has 3 nitrogen and oxygen atoms in total. The quantitative estimate of drug-likeness (QED) is 0.545. The highest BCUT2D eigenvalue weighted by molar-refractivity contribution is 5.31. The number of hydrogen-bond acceptors (Lipinski definition) is 3. The molecular weight excluding hydrogens is 192 g/mol. The maximum absolute atomic E-state index is 5.69. The molecule has 1 aromatic rings. The van der Waals surface area contributed by atoms with Gasteiger partial charge in [0.25, 0.3) is 0 Å². The highest BCUT2D eigenvalue weighted by Gasteiger charge is 2.32. The van der Waals surface area contributed by atoms with E-state index in [9.17, 15) is 0 Å². The number of hydrogen-bond donors (Lipinski definition) is 0. The fraction of sp³-hybridized carbons (Fsp3) is 0.333. The second-order valence-corrected chi connectivity index (χ2v) is 3.37. The molecule has 80 valence electrons. The molecule has 0 radical (unpaired) electrons. The zero-order chi connectivity index (χ0) is 10.7. The van der Waals surface area contributed by atoms with Crippen molar-refractivity contribution in [2.75, 3.05) is 13.7 Å². The summed E-state index contributed by atoms with van der Waals surface area (Å²) < 4.78 is 15.9. The van der Waals surface area contributed by atoms with Crippen molar-refractivity contribution >= 4 is 0 Å². The molecule has 1 aromatic carbocycles. The summed E-state index contributed by atoms with van der Waals surface area (Å²) in [7, 11) is 1.64. The van der Waals surface area contributed by atoms with Crippen LogP contribution < -0.4 is 9.47 Å². The van der Waals surface area contributed by atoms with Gasteiger partial charge in [0.2, 0.25) is 0 Å². The number of rotatable bonds is 5. The van der Waals surface area contributed by atoms with Gasteiger partial charge in [-0.3, -0.25) is 0 Å². The highest BCUT2D eigenvalue weighted by atomic mass is 16.6. The molecule has 1 aliphatic rings. The first-order chi connectivity index (χ1) is 7.33. The molecule has 0 aromatic heterocycles. The summed E-state index contributed by atoms with van der Waals surface area (Å²) in [5, 5.41) is 0. The molecular formula is C12H14O3. The minimum atomic E-state index is -0.0570. The summed E-state index contributed by atoms with van der Waals surface area (Å²) >= 11 is 0. The maximum Gasteiger partial charge on any atom is 0.145 e. The first-order valence-electron chi connectivity index (χ1n) is 4.88. The first-order valence-corrected chi connectivity index (χ1v) is 4.88. The lowest BCUT2D eigenvalue weighted by Crippen LogP contribution is -2.19. The minimum Gasteiger partial charge on any atom is -0.497 e. The van der Waals surface area contributed by atoms with Crippen LogP contribution in [-0.2, 0) is 4.74 Å². The van der Waals surface area contributed by atoms with Gasteiger partial charge in [0.05, 0.1) is 13.7 Å². The number of ether oxygens (including phenoxy) is 3. The Balaban J connectivity index is 1.99. The minimum absolute atomic E-state index is 0.0570. The van der Waals surface area contributed by atoms with Crippen molar-refractivity contribution in [1.29, 1.82) is 0 Å². The number of benzene rings is 1. The average Bonchev–Trinajstić information content (AvgIpc) is 3.10. The fourth-order valence-corrected chi connectivity index (χ4v) is 1.33. The Morgan fingerprint density at radius 3 is 2.47 bits per heavy atom. The van der Waals surface area contributed by atoms with Gasteiger partial charge in [-0.1, -0.05) is 6.58 Å².